The number of hydrogen-bond donors (Lipinski definition) is 2. The van der Waals surface area contributed by atoms with Crippen molar-refractivity contribution in [2.75, 3.05) is 31.1 Å². The monoisotopic (exact) mass is 498 g/mol. The molecule has 0 aromatic carbocycles. The van der Waals surface area contributed by atoms with Crippen LogP contribution in [-0.2, 0) is 4.79 Å². The Balaban J connectivity index is 1.48. The van der Waals surface area contributed by atoms with E-state index in [2.05, 4.69) is 20.5 Å². The Morgan fingerprint density at radius 2 is 2.03 bits per heavy atom. The van der Waals surface area contributed by atoms with E-state index in [0.717, 1.165) is 25.7 Å². The standard InChI is InChI=1S/C23H26N6O5S/c1-14-10-17(28-11-15(12-28)21(31)24-6-4-2-3-5-7-26-34)27-20-18(14)19(30)16(22(32)33)13-29(20)23-25-8-9-35-23/h8-10,13,15H,2-7,11-12H2,1H3,(H,24,31)(H,32,33). The number of hydrogen-bond acceptors (Lipinski definition) is 9. The maximum Gasteiger partial charge on any atom is 0.341 e. The zero-order chi connectivity index (χ0) is 24.9. The highest BCUT2D eigenvalue weighted by Crippen LogP contribution is 2.28. The minimum Gasteiger partial charge on any atom is -0.477 e. The van der Waals surface area contributed by atoms with E-state index in [-0.39, 0.29) is 22.8 Å². The summed E-state index contributed by atoms with van der Waals surface area (Å²) in [6, 6.07) is 1.75. The van der Waals surface area contributed by atoms with Gasteiger partial charge in [-0.05, 0) is 31.4 Å². The molecule has 0 aliphatic carbocycles. The Bertz CT molecular complexity index is 1300. The summed E-state index contributed by atoms with van der Waals surface area (Å²) in [5, 5.41) is 17.8. The van der Waals surface area contributed by atoms with Gasteiger partial charge in [0.2, 0.25) is 11.3 Å². The Morgan fingerprint density at radius 3 is 2.71 bits per heavy atom. The minimum atomic E-state index is -1.31. The van der Waals surface area contributed by atoms with E-state index in [1.165, 1.54) is 22.1 Å². The second-order valence-corrected chi connectivity index (χ2v) is 9.39. The molecule has 11 nitrogen and oxygen atoms in total. The van der Waals surface area contributed by atoms with Crippen molar-refractivity contribution in [3.63, 3.8) is 0 Å². The summed E-state index contributed by atoms with van der Waals surface area (Å²) < 4.78 is 1.54. The number of aromatic carboxylic acids is 1. The molecule has 3 aromatic rings. The SMILES string of the molecule is Cc1cc(N2CC(C(=O)NCCCCCCN=O)C2)nc2c1c(=O)c(C(=O)O)cn2-c1nccs1. The number of unbranched alkanes of at least 4 members (excludes halogenated alkanes) is 3. The number of carbonyl (C=O) groups is 2. The first-order valence-electron chi connectivity index (χ1n) is 11.4. The third-order valence-electron chi connectivity index (χ3n) is 6.05. The topological polar surface area (TPSA) is 147 Å². The van der Waals surface area contributed by atoms with Crippen LogP contribution in [0.3, 0.4) is 0 Å². The van der Waals surface area contributed by atoms with E-state index in [1.807, 2.05) is 4.90 Å². The zero-order valence-corrected chi connectivity index (χ0v) is 20.1. The van der Waals surface area contributed by atoms with Gasteiger partial charge in [-0.1, -0.05) is 18.0 Å². The molecule has 0 bridgehead atoms. The fraction of sp³-hybridized carbons (Fsp3) is 0.435. The van der Waals surface area contributed by atoms with Crippen molar-refractivity contribution in [2.24, 2.45) is 11.1 Å². The van der Waals surface area contributed by atoms with E-state index in [9.17, 15) is 24.4 Å². The second-order valence-electron chi connectivity index (χ2n) is 8.52. The fourth-order valence-electron chi connectivity index (χ4n) is 4.11. The van der Waals surface area contributed by atoms with Gasteiger partial charge in [0, 0.05) is 37.4 Å². The predicted molar refractivity (Wildman–Crippen MR) is 133 cm³/mol. The van der Waals surface area contributed by atoms with Crippen molar-refractivity contribution in [3.8, 4) is 5.13 Å². The number of fused-ring (bicyclic) bond motifs is 1. The summed E-state index contributed by atoms with van der Waals surface area (Å²) in [6.45, 7) is 3.70. The van der Waals surface area contributed by atoms with Crippen molar-refractivity contribution in [1.29, 1.82) is 0 Å². The number of amides is 1. The Hall–Kier alpha value is -3.67. The quantitative estimate of drug-likeness (QED) is 0.303. The van der Waals surface area contributed by atoms with Crippen LogP contribution in [0, 0.1) is 17.7 Å². The van der Waals surface area contributed by atoms with Crippen molar-refractivity contribution < 1.29 is 14.7 Å². The number of rotatable bonds is 11. The van der Waals surface area contributed by atoms with Gasteiger partial charge in [-0.15, -0.1) is 11.3 Å². The summed E-state index contributed by atoms with van der Waals surface area (Å²) in [7, 11) is 0. The first kappa shape index (κ1) is 24.5. The molecule has 0 unspecified atom stereocenters. The van der Waals surface area contributed by atoms with Crippen molar-refractivity contribution in [1.82, 2.24) is 19.9 Å². The first-order valence-corrected chi connectivity index (χ1v) is 12.3. The van der Waals surface area contributed by atoms with E-state index >= 15 is 0 Å². The molecule has 1 saturated heterocycles. The molecule has 1 aliphatic rings. The molecule has 0 saturated carbocycles. The predicted octanol–water partition coefficient (Wildman–Crippen LogP) is 2.73. The third-order valence-corrected chi connectivity index (χ3v) is 6.82. The first-order chi connectivity index (χ1) is 16.9. The van der Waals surface area contributed by atoms with Crippen LogP contribution in [0.25, 0.3) is 16.2 Å². The Kier molecular flexibility index (Phi) is 7.49. The fourth-order valence-corrected chi connectivity index (χ4v) is 4.73. The minimum absolute atomic E-state index is 0.000821. The number of thiazole rings is 1. The molecule has 12 heteroatoms. The van der Waals surface area contributed by atoms with Gasteiger partial charge in [0.15, 0.2) is 10.8 Å². The van der Waals surface area contributed by atoms with Crippen LogP contribution in [0.15, 0.2) is 33.8 Å². The number of pyridine rings is 2. The highest BCUT2D eigenvalue weighted by Gasteiger charge is 2.34. The van der Waals surface area contributed by atoms with E-state index in [0.29, 0.717) is 48.3 Å². The van der Waals surface area contributed by atoms with Crippen LogP contribution in [0.5, 0.6) is 0 Å². The smallest absolute Gasteiger partial charge is 0.341 e. The molecule has 35 heavy (non-hydrogen) atoms. The summed E-state index contributed by atoms with van der Waals surface area (Å²) in [5.74, 6) is -0.836. The maximum atomic E-state index is 12.9. The molecule has 0 radical (unpaired) electrons. The molecule has 3 aromatic heterocycles. The number of aromatic nitrogens is 3. The van der Waals surface area contributed by atoms with Gasteiger partial charge in [-0.25, -0.2) is 14.8 Å². The molecular formula is C23H26N6O5S. The van der Waals surface area contributed by atoms with Gasteiger partial charge in [0.1, 0.15) is 11.4 Å². The lowest BCUT2D eigenvalue weighted by molar-refractivity contribution is -0.125. The Morgan fingerprint density at radius 1 is 1.26 bits per heavy atom. The molecular weight excluding hydrogens is 472 g/mol. The molecule has 2 N–H and O–H groups in total. The van der Waals surface area contributed by atoms with Crippen LogP contribution in [0.2, 0.25) is 0 Å². The molecule has 0 spiro atoms. The molecule has 1 aliphatic heterocycles. The summed E-state index contributed by atoms with van der Waals surface area (Å²) >= 11 is 1.31. The van der Waals surface area contributed by atoms with Crippen LogP contribution < -0.4 is 15.6 Å². The molecule has 4 heterocycles. The van der Waals surface area contributed by atoms with Gasteiger partial charge in [0.25, 0.3) is 0 Å². The van der Waals surface area contributed by atoms with Crippen molar-refractivity contribution in [3.05, 3.63) is 50.1 Å². The van der Waals surface area contributed by atoms with Crippen LogP contribution in [-0.4, -0.2) is 57.7 Å². The average molecular weight is 499 g/mol. The normalized spacial score (nSPS) is 13.6. The number of nitrogens with one attached hydrogen (secondary N) is 1. The van der Waals surface area contributed by atoms with Gasteiger partial charge >= 0.3 is 5.97 Å². The van der Waals surface area contributed by atoms with E-state index in [4.69, 9.17) is 0 Å². The summed E-state index contributed by atoms with van der Waals surface area (Å²) in [6.07, 6.45) is 6.37. The van der Waals surface area contributed by atoms with Crippen LogP contribution >= 0.6 is 11.3 Å². The molecule has 0 atom stereocenters. The van der Waals surface area contributed by atoms with E-state index < -0.39 is 11.4 Å². The van der Waals surface area contributed by atoms with Crippen LogP contribution in [0.1, 0.15) is 41.6 Å². The number of nitroso groups, excluding NO2 is 1. The van der Waals surface area contributed by atoms with Gasteiger partial charge in [-0.3, -0.25) is 14.2 Å². The maximum absolute atomic E-state index is 12.9. The van der Waals surface area contributed by atoms with E-state index in [1.54, 1.807) is 24.6 Å². The zero-order valence-electron chi connectivity index (χ0n) is 19.3. The lowest BCUT2D eigenvalue weighted by Crippen LogP contribution is -2.54. The van der Waals surface area contributed by atoms with Crippen molar-refractivity contribution in [2.45, 2.75) is 32.6 Å². The lowest BCUT2D eigenvalue weighted by Gasteiger charge is -2.39. The Labute approximate surface area is 204 Å². The molecule has 1 amide bonds. The molecule has 184 valence electrons. The largest absolute Gasteiger partial charge is 0.477 e. The summed E-state index contributed by atoms with van der Waals surface area (Å²) in [4.78, 5) is 58.0. The van der Waals surface area contributed by atoms with Gasteiger partial charge < -0.3 is 15.3 Å². The number of carboxylic acid groups (broad SMARTS) is 1. The molecule has 4 rings (SSSR count). The third kappa shape index (κ3) is 5.21. The number of carboxylic acids is 1. The average Bonchev–Trinajstić information content (AvgIpc) is 3.32. The summed E-state index contributed by atoms with van der Waals surface area (Å²) in [5.41, 5.74) is 0.0234. The number of anilines is 1. The second kappa shape index (κ2) is 10.7. The number of nitrogens with zero attached hydrogens (tertiary/aromatic N) is 5. The van der Waals surface area contributed by atoms with Gasteiger partial charge in [0.05, 0.1) is 17.8 Å². The lowest BCUT2D eigenvalue weighted by atomic mass is 9.98. The highest BCUT2D eigenvalue weighted by molar-refractivity contribution is 7.12. The highest BCUT2D eigenvalue weighted by atomic mass is 32.1. The molecule has 1 fully saturated rings. The van der Waals surface area contributed by atoms with Crippen LogP contribution in [0.4, 0.5) is 5.82 Å². The van der Waals surface area contributed by atoms with Gasteiger partial charge in [-0.2, -0.15) is 4.91 Å². The van der Waals surface area contributed by atoms with Crippen molar-refractivity contribution >= 4 is 40.1 Å². The number of carbonyl (C=O) groups excluding carboxylic acids is 1. The number of aryl methyl sites for hydroxylation is 1.